The van der Waals surface area contributed by atoms with Crippen LogP contribution in [0.25, 0.3) is 0 Å². The summed E-state index contributed by atoms with van der Waals surface area (Å²) >= 11 is 7.46. The second kappa shape index (κ2) is 7.59. The number of aromatic nitrogens is 3. The first-order valence-electron chi connectivity index (χ1n) is 9.77. The van der Waals surface area contributed by atoms with E-state index in [0.29, 0.717) is 26.0 Å². The van der Waals surface area contributed by atoms with Gasteiger partial charge in [0, 0.05) is 31.2 Å². The van der Waals surface area contributed by atoms with E-state index in [1.54, 1.807) is 23.9 Å². The van der Waals surface area contributed by atoms with Crippen LogP contribution < -0.4 is 16.2 Å². The predicted octanol–water partition coefficient (Wildman–Crippen LogP) is 3.97. The summed E-state index contributed by atoms with van der Waals surface area (Å²) in [5.74, 6) is 1.96. The Morgan fingerprint density at radius 1 is 1.21 bits per heavy atom. The van der Waals surface area contributed by atoms with E-state index in [-0.39, 0.29) is 5.56 Å². The minimum Gasteiger partial charge on any atom is -0.384 e. The van der Waals surface area contributed by atoms with Crippen LogP contribution in [0.1, 0.15) is 39.0 Å². The van der Waals surface area contributed by atoms with Crippen LogP contribution in [-0.2, 0) is 7.05 Å². The van der Waals surface area contributed by atoms with Gasteiger partial charge in [0.25, 0.3) is 5.56 Å². The SMILES string of the molecule is C[C@H]1CCC2(CCN(c3ncc(Sc4cc(N)ncc4Cl)c(=O)n3C)CC2)C1. The number of nitrogens with two attached hydrogens (primary N) is 1. The molecule has 0 radical (unpaired) electrons. The molecule has 1 atom stereocenters. The molecule has 8 heteroatoms. The third-order valence-electron chi connectivity index (χ3n) is 6.23. The molecular formula is C20H26ClN5OS. The van der Waals surface area contributed by atoms with Gasteiger partial charge in [-0.2, -0.15) is 0 Å². The Hall–Kier alpha value is -1.73. The van der Waals surface area contributed by atoms with Gasteiger partial charge < -0.3 is 10.6 Å². The molecule has 0 amide bonds. The zero-order chi connectivity index (χ0) is 19.9. The molecule has 6 nitrogen and oxygen atoms in total. The first-order chi connectivity index (χ1) is 13.4. The van der Waals surface area contributed by atoms with Crippen molar-refractivity contribution < 1.29 is 0 Å². The minimum atomic E-state index is -0.0729. The average molecular weight is 420 g/mol. The molecule has 1 saturated heterocycles. The van der Waals surface area contributed by atoms with E-state index in [2.05, 4.69) is 21.8 Å². The highest BCUT2D eigenvalue weighted by molar-refractivity contribution is 7.99. The summed E-state index contributed by atoms with van der Waals surface area (Å²) in [6.07, 6.45) is 9.57. The number of rotatable bonds is 3. The van der Waals surface area contributed by atoms with E-state index in [0.717, 1.165) is 25.0 Å². The summed E-state index contributed by atoms with van der Waals surface area (Å²) in [7, 11) is 1.79. The van der Waals surface area contributed by atoms with Gasteiger partial charge in [-0.1, -0.05) is 36.7 Å². The van der Waals surface area contributed by atoms with Crippen LogP contribution in [0.3, 0.4) is 0 Å². The molecule has 2 aromatic heterocycles. The van der Waals surface area contributed by atoms with Crippen LogP contribution >= 0.6 is 23.4 Å². The van der Waals surface area contributed by atoms with Gasteiger partial charge in [0.15, 0.2) is 0 Å². The summed E-state index contributed by atoms with van der Waals surface area (Å²) in [6, 6.07) is 1.67. The Morgan fingerprint density at radius 3 is 2.64 bits per heavy atom. The zero-order valence-corrected chi connectivity index (χ0v) is 17.9. The Bertz CT molecular complexity index is 939. The lowest BCUT2D eigenvalue weighted by molar-refractivity contribution is 0.217. The first kappa shape index (κ1) is 19.6. The second-order valence-corrected chi connectivity index (χ2v) is 9.75. The summed E-state index contributed by atoms with van der Waals surface area (Å²) < 4.78 is 1.65. The molecule has 1 aliphatic carbocycles. The van der Waals surface area contributed by atoms with E-state index >= 15 is 0 Å². The smallest absolute Gasteiger partial charge is 0.268 e. The maximum Gasteiger partial charge on any atom is 0.268 e. The van der Waals surface area contributed by atoms with Gasteiger partial charge >= 0.3 is 0 Å². The van der Waals surface area contributed by atoms with Gasteiger partial charge in [0.1, 0.15) is 5.82 Å². The van der Waals surface area contributed by atoms with Crippen LogP contribution in [0.5, 0.6) is 0 Å². The Morgan fingerprint density at radius 2 is 1.96 bits per heavy atom. The fourth-order valence-corrected chi connectivity index (χ4v) is 5.76. The number of nitrogen functional groups attached to an aromatic ring is 1. The third kappa shape index (κ3) is 3.74. The zero-order valence-electron chi connectivity index (χ0n) is 16.3. The van der Waals surface area contributed by atoms with E-state index in [4.69, 9.17) is 17.3 Å². The molecule has 2 fully saturated rings. The molecule has 3 heterocycles. The summed E-state index contributed by atoms with van der Waals surface area (Å²) in [4.78, 5) is 25.0. The second-order valence-electron chi connectivity index (χ2n) is 8.26. The van der Waals surface area contributed by atoms with Gasteiger partial charge in [0.2, 0.25) is 5.95 Å². The number of hydrogen-bond acceptors (Lipinski definition) is 6. The lowest BCUT2D eigenvalue weighted by Gasteiger charge is -2.40. The van der Waals surface area contributed by atoms with Gasteiger partial charge in [0.05, 0.1) is 16.1 Å². The molecule has 2 N–H and O–H groups in total. The minimum absolute atomic E-state index is 0.0729. The molecule has 2 aliphatic rings. The summed E-state index contributed by atoms with van der Waals surface area (Å²) in [5, 5.41) is 0.470. The molecule has 150 valence electrons. The van der Waals surface area contributed by atoms with E-state index < -0.39 is 0 Å². The number of piperidine rings is 1. The molecule has 0 aromatic carbocycles. The number of nitrogens with zero attached hydrogens (tertiary/aromatic N) is 4. The van der Waals surface area contributed by atoms with Crippen molar-refractivity contribution in [2.75, 3.05) is 23.7 Å². The largest absolute Gasteiger partial charge is 0.384 e. The molecule has 2 aromatic rings. The Balaban J connectivity index is 1.52. The van der Waals surface area contributed by atoms with Crippen molar-refractivity contribution in [1.82, 2.24) is 14.5 Å². The number of anilines is 2. The van der Waals surface area contributed by atoms with Crippen molar-refractivity contribution >= 4 is 35.1 Å². The van der Waals surface area contributed by atoms with Crippen molar-refractivity contribution in [3.63, 3.8) is 0 Å². The molecule has 0 unspecified atom stereocenters. The highest BCUT2D eigenvalue weighted by Gasteiger charge is 2.40. The van der Waals surface area contributed by atoms with Gasteiger partial charge in [-0.3, -0.25) is 9.36 Å². The topological polar surface area (TPSA) is 77.0 Å². The van der Waals surface area contributed by atoms with Crippen LogP contribution in [0.15, 0.2) is 33.0 Å². The highest BCUT2D eigenvalue weighted by Crippen LogP contribution is 2.48. The third-order valence-corrected chi connectivity index (χ3v) is 7.70. The number of halogens is 1. The van der Waals surface area contributed by atoms with Gasteiger partial charge in [-0.25, -0.2) is 9.97 Å². The molecule has 4 rings (SSSR count). The van der Waals surface area contributed by atoms with Crippen molar-refractivity contribution in [3.8, 4) is 0 Å². The van der Waals surface area contributed by atoms with E-state index in [1.807, 2.05) is 0 Å². The molecule has 1 spiro atoms. The van der Waals surface area contributed by atoms with Gasteiger partial charge in [-0.15, -0.1) is 0 Å². The monoisotopic (exact) mass is 419 g/mol. The van der Waals surface area contributed by atoms with Gasteiger partial charge in [-0.05, 0) is 43.1 Å². The van der Waals surface area contributed by atoms with E-state index in [1.165, 1.54) is 50.1 Å². The molecular weight excluding hydrogens is 394 g/mol. The lowest BCUT2D eigenvalue weighted by atomic mass is 9.76. The number of pyridine rings is 1. The van der Waals surface area contributed by atoms with Crippen molar-refractivity contribution in [2.45, 2.75) is 48.8 Å². The van der Waals surface area contributed by atoms with Crippen LogP contribution in [0, 0.1) is 11.3 Å². The molecule has 28 heavy (non-hydrogen) atoms. The van der Waals surface area contributed by atoms with Crippen LogP contribution in [0.2, 0.25) is 5.02 Å². The standard InChI is InChI=1S/C20H26ClN5OS/c1-13-3-4-20(10-13)5-7-26(8-6-20)19-24-12-16(18(27)25(19)2)28-15-9-17(22)23-11-14(15)21/h9,11-13H,3-8,10H2,1-2H3,(H2,22,23)/t13-/m0/s1. The maximum absolute atomic E-state index is 12.9. The average Bonchev–Trinajstić information content (AvgIpc) is 3.03. The lowest BCUT2D eigenvalue weighted by Crippen LogP contribution is -2.42. The Labute approximate surface area is 174 Å². The van der Waals surface area contributed by atoms with Crippen molar-refractivity contribution in [3.05, 3.63) is 33.8 Å². The number of hydrogen-bond donors (Lipinski definition) is 1. The van der Waals surface area contributed by atoms with Crippen LogP contribution in [-0.4, -0.2) is 27.6 Å². The quantitative estimate of drug-likeness (QED) is 0.811. The normalized spacial score (nSPS) is 21.4. The predicted molar refractivity (Wildman–Crippen MR) is 114 cm³/mol. The van der Waals surface area contributed by atoms with Crippen molar-refractivity contribution in [2.24, 2.45) is 18.4 Å². The fourth-order valence-electron chi connectivity index (χ4n) is 4.64. The summed E-state index contributed by atoms with van der Waals surface area (Å²) in [6.45, 7) is 4.30. The van der Waals surface area contributed by atoms with Crippen molar-refractivity contribution in [1.29, 1.82) is 0 Å². The molecule has 1 aliphatic heterocycles. The van der Waals surface area contributed by atoms with Crippen LogP contribution in [0.4, 0.5) is 11.8 Å². The Kier molecular flexibility index (Phi) is 5.31. The maximum atomic E-state index is 12.9. The summed E-state index contributed by atoms with van der Waals surface area (Å²) in [5.41, 5.74) is 6.18. The van der Waals surface area contributed by atoms with E-state index in [9.17, 15) is 4.79 Å². The molecule has 0 bridgehead atoms. The fraction of sp³-hybridized carbons (Fsp3) is 0.550. The highest BCUT2D eigenvalue weighted by atomic mass is 35.5. The molecule has 1 saturated carbocycles. The first-order valence-corrected chi connectivity index (χ1v) is 11.0.